The largest absolute Gasteiger partial charge is 0.336 e. The van der Waals surface area contributed by atoms with Crippen LogP contribution in [0.3, 0.4) is 0 Å². The van der Waals surface area contributed by atoms with Gasteiger partial charge in [0.05, 0.1) is 6.54 Å². The lowest BCUT2D eigenvalue weighted by Gasteiger charge is -2.34. The van der Waals surface area contributed by atoms with Gasteiger partial charge in [-0.1, -0.05) is 0 Å². The molecular weight excluding hydrogens is 230 g/mol. The molecule has 2 rings (SSSR count). The Morgan fingerprint density at radius 1 is 1.17 bits per heavy atom. The average Bonchev–Trinajstić information content (AvgIpc) is 2.39. The summed E-state index contributed by atoms with van der Waals surface area (Å²) >= 11 is 0. The summed E-state index contributed by atoms with van der Waals surface area (Å²) in [7, 11) is 0. The molecule has 96 valence electrons. The lowest BCUT2D eigenvalue weighted by molar-refractivity contribution is -0.118. The van der Waals surface area contributed by atoms with Crippen molar-refractivity contribution in [1.82, 2.24) is 14.8 Å². The van der Waals surface area contributed by atoms with Crippen LogP contribution in [0.25, 0.3) is 0 Å². The molecule has 1 fully saturated rings. The monoisotopic (exact) mass is 247 g/mol. The summed E-state index contributed by atoms with van der Waals surface area (Å²) in [6.45, 7) is 4.95. The van der Waals surface area contributed by atoms with Gasteiger partial charge >= 0.3 is 0 Å². The van der Waals surface area contributed by atoms with Gasteiger partial charge in [-0.25, -0.2) is 0 Å². The van der Waals surface area contributed by atoms with Crippen LogP contribution < -0.4 is 0 Å². The highest BCUT2D eigenvalue weighted by atomic mass is 16.2. The molecule has 0 aromatic carbocycles. The van der Waals surface area contributed by atoms with Gasteiger partial charge in [0, 0.05) is 44.1 Å². The minimum absolute atomic E-state index is 0.0416. The number of nitrogens with zero attached hydrogens (tertiary/aromatic N) is 3. The molecule has 1 aliphatic rings. The Bertz CT molecular complexity index is 425. The number of carbonyl (C=O) groups excluding carboxylic acids is 2. The van der Waals surface area contributed by atoms with Crippen molar-refractivity contribution >= 4 is 11.7 Å². The Kier molecular flexibility index (Phi) is 4.04. The molecule has 2 heterocycles. The number of aromatic nitrogens is 1. The first-order valence-electron chi connectivity index (χ1n) is 6.08. The van der Waals surface area contributed by atoms with Crippen LogP contribution in [0.4, 0.5) is 0 Å². The Hall–Kier alpha value is -1.75. The number of ketones is 1. The Morgan fingerprint density at radius 2 is 1.78 bits per heavy atom. The molecule has 0 aliphatic carbocycles. The molecule has 0 radical (unpaired) electrons. The molecule has 1 aromatic rings. The van der Waals surface area contributed by atoms with Crippen LogP contribution in [0.2, 0.25) is 0 Å². The maximum Gasteiger partial charge on any atom is 0.254 e. The smallest absolute Gasteiger partial charge is 0.254 e. The molecule has 0 spiro atoms. The number of pyridine rings is 1. The molecule has 5 heteroatoms. The molecule has 0 bridgehead atoms. The van der Waals surface area contributed by atoms with Crippen LogP contribution in [0.15, 0.2) is 24.5 Å². The molecule has 0 saturated carbocycles. The van der Waals surface area contributed by atoms with E-state index in [9.17, 15) is 9.59 Å². The highest BCUT2D eigenvalue weighted by molar-refractivity contribution is 5.94. The number of rotatable bonds is 3. The Labute approximate surface area is 106 Å². The van der Waals surface area contributed by atoms with Crippen LogP contribution in [0.1, 0.15) is 17.3 Å². The van der Waals surface area contributed by atoms with Gasteiger partial charge in [0.2, 0.25) is 0 Å². The van der Waals surface area contributed by atoms with Crippen LogP contribution in [-0.2, 0) is 4.79 Å². The first-order valence-corrected chi connectivity index (χ1v) is 6.08. The van der Waals surface area contributed by atoms with Gasteiger partial charge in [-0.2, -0.15) is 0 Å². The van der Waals surface area contributed by atoms with E-state index in [0.29, 0.717) is 25.2 Å². The number of hydrogen-bond donors (Lipinski definition) is 0. The van der Waals surface area contributed by atoms with Crippen molar-refractivity contribution in [2.45, 2.75) is 6.92 Å². The van der Waals surface area contributed by atoms with Crippen molar-refractivity contribution in [3.05, 3.63) is 30.1 Å². The quantitative estimate of drug-likeness (QED) is 0.777. The minimum Gasteiger partial charge on any atom is -0.336 e. The van der Waals surface area contributed by atoms with Crippen molar-refractivity contribution in [3.63, 3.8) is 0 Å². The summed E-state index contributed by atoms with van der Waals surface area (Å²) in [4.78, 5) is 31.0. The van der Waals surface area contributed by atoms with Crippen LogP contribution >= 0.6 is 0 Å². The molecule has 0 N–H and O–H groups in total. The first kappa shape index (κ1) is 12.7. The second-order valence-electron chi connectivity index (χ2n) is 4.51. The van der Waals surface area contributed by atoms with Gasteiger partial charge < -0.3 is 4.90 Å². The maximum absolute atomic E-state index is 12.1. The van der Waals surface area contributed by atoms with Crippen LogP contribution in [0, 0.1) is 0 Å². The zero-order valence-corrected chi connectivity index (χ0v) is 10.5. The van der Waals surface area contributed by atoms with E-state index in [1.807, 2.05) is 4.90 Å². The second kappa shape index (κ2) is 5.73. The lowest BCUT2D eigenvalue weighted by Crippen LogP contribution is -2.49. The summed E-state index contributed by atoms with van der Waals surface area (Å²) in [6.07, 6.45) is 3.25. The maximum atomic E-state index is 12.1. The van der Waals surface area contributed by atoms with E-state index >= 15 is 0 Å². The summed E-state index contributed by atoms with van der Waals surface area (Å²) in [5.74, 6) is 0.212. The molecule has 1 saturated heterocycles. The summed E-state index contributed by atoms with van der Waals surface area (Å²) < 4.78 is 0. The highest BCUT2D eigenvalue weighted by Crippen LogP contribution is 2.07. The fourth-order valence-electron chi connectivity index (χ4n) is 2.10. The first-order chi connectivity index (χ1) is 8.66. The summed E-state index contributed by atoms with van der Waals surface area (Å²) in [5.41, 5.74) is 0.671. The highest BCUT2D eigenvalue weighted by Gasteiger charge is 2.22. The van der Waals surface area contributed by atoms with E-state index in [0.717, 1.165) is 13.1 Å². The predicted molar refractivity (Wildman–Crippen MR) is 67.3 cm³/mol. The molecule has 1 aromatic heterocycles. The van der Waals surface area contributed by atoms with Gasteiger partial charge in [-0.15, -0.1) is 0 Å². The number of amides is 1. The Balaban J connectivity index is 1.90. The molecule has 5 nitrogen and oxygen atoms in total. The number of piperazine rings is 1. The summed E-state index contributed by atoms with van der Waals surface area (Å²) in [6, 6.07) is 3.45. The molecule has 1 aliphatic heterocycles. The fraction of sp³-hybridized carbons (Fsp3) is 0.462. The van der Waals surface area contributed by atoms with Crippen molar-refractivity contribution in [3.8, 4) is 0 Å². The van der Waals surface area contributed by atoms with E-state index < -0.39 is 0 Å². The van der Waals surface area contributed by atoms with Crippen molar-refractivity contribution < 1.29 is 9.59 Å². The zero-order chi connectivity index (χ0) is 13.0. The van der Waals surface area contributed by atoms with Crippen LogP contribution in [-0.4, -0.2) is 59.2 Å². The topological polar surface area (TPSA) is 53.5 Å². The van der Waals surface area contributed by atoms with Crippen molar-refractivity contribution in [2.24, 2.45) is 0 Å². The average molecular weight is 247 g/mol. The number of carbonyl (C=O) groups is 2. The fourth-order valence-corrected chi connectivity index (χ4v) is 2.10. The predicted octanol–water partition coefficient (Wildman–Crippen LogP) is 0.428. The van der Waals surface area contributed by atoms with E-state index in [-0.39, 0.29) is 11.7 Å². The molecule has 0 atom stereocenters. The van der Waals surface area contributed by atoms with Crippen LogP contribution in [0.5, 0.6) is 0 Å². The van der Waals surface area contributed by atoms with Crippen molar-refractivity contribution in [2.75, 3.05) is 32.7 Å². The van der Waals surface area contributed by atoms with E-state index in [1.54, 1.807) is 31.5 Å². The third-order valence-electron chi connectivity index (χ3n) is 3.03. The SMILES string of the molecule is CC(=O)CN1CCN(C(=O)c2ccncc2)CC1. The Morgan fingerprint density at radius 3 is 2.33 bits per heavy atom. The van der Waals surface area contributed by atoms with E-state index in [1.165, 1.54) is 0 Å². The molecule has 18 heavy (non-hydrogen) atoms. The minimum atomic E-state index is 0.0416. The lowest BCUT2D eigenvalue weighted by atomic mass is 10.2. The molecule has 0 unspecified atom stereocenters. The number of hydrogen-bond acceptors (Lipinski definition) is 4. The van der Waals surface area contributed by atoms with Gasteiger partial charge in [0.15, 0.2) is 0 Å². The second-order valence-corrected chi connectivity index (χ2v) is 4.51. The number of Topliss-reactive ketones (excluding diaryl/α,β-unsaturated/α-hetero) is 1. The van der Waals surface area contributed by atoms with Gasteiger partial charge in [-0.05, 0) is 19.1 Å². The molecular formula is C13H17N3O2. The third kappa shape index (κ3) is 3.13. The molecule has 1 amide bonds. The third-order valence-corrected chi connectivity index (χ3v) is 3.03. The van der Waals surface area contributed by atoms with E-state index in [4.69, 9.17) is 0 Å². The van der Waals surface area contributed by atoms with Gasteiger partial charge in [0.1, 0.15) is 5.78 Å². The summed E-state index contributed by atoms with van der Waals surface area (Å²) in [5, 5.41) is 0. The van der Waals surface area contributed by atoms with Gasteiger partial charge in [-0.3, -0.25) is 19.5 Å². The standard InChI is InChI=1S/C13H17N3O2/c1-11(17)10-15-6-8-16(9-7-15)13(18)12-2-4-14-5-3-12/h2-5H,6-10H2,1H3. The van der Waals surface area contributed by atoms with Crippen molar-refractivity contribution in [1.29, 1.82) is 0 Å². The van der Waals surface area contributed by atoms with Gasteiger partial charge in [0.25, 0.3) is 5.91 Å². The zero-order valence-electron chi connectivity index (χ0n) is 10.5. The normalized spacial score (nSPS) is 16.6. The van der Waals surface area contributed by atoms with E-state index in [2.05, 4.69) is 9.88 Å².